The van der Waals surface area contributed by atoms with Gasteiger partial charge in [-0.25, -0.2) is 9.78 Å². The second-order valence-electron chi connectivity index (χ2n) is 7.04. The van der Waals surface area contributed by atoms with E-state index in [1.165, 1.54) is 22.2 Å². The van der Waals surface area contributed by atoms with Crippen molar-refractivity contribution < 1.29 is 9.59 Å². The van der Waals surface area contributed by atoms with Crippen LogP contribution in [0.5, 0.6) is 0 Å². The number of fused-ring (bicyclic) bond motifs is 1. The standard InChI is InChI=1S/C23H19ClN4O3S/c24-17-8-6-16(7-9-17)19-12-18-21(32-19)22(30)28(14-26-18)11-10-20(29)27-23(31)25-13-15-4-2-1-3-5-15/h1-9,12,14H,10-11,13H2,(H2,25,27,29,31). The van der Waals surface area contributed by atoms with Crippen LogP contribution in [-0.2, 0) is 17.9 Å². The number of aromatic nitrogens is 2. The van der Waals surface area contributed by atoms with Crippen molar-refractivity contribution in [3.05, 3.63) is 87.9 Å². The van der Waals surface area contributed by atoms with Gasteiger partial charge < -0.3 is 5.32 Å². The second-order valence-corrected chi connectivity index (χ2v) is 8.53. The van der Waals surface area contributed by atoms with Crippen molar-refractivity contribution in [1.29, 1.82) is 0 Å². The maximum Gasteiger partial charge on any atom is 0.321 e. The Bertz CT molecular complexity index is 1320. The Hall–Kier alpha value is -3.49. The monoisotopic (exact) mass is 466 g/mol. The number of benzene rings is 2. The highest BCUT2D eigenvalue weighted by atomic mass is 35.5. The predicted octanol–water partition coefficient (Wildman–Crippen LogP) is 4.19. The van der Waals surface area contributed by atoms with Gasteiger partial charge in [0.2, 0.25) is 5.91 Å². The number of nitrogens with one attached hydrogen (secondary N) is 2. The van der Waals surface area contributed by atoms with Gasteiger partial charge in [0.1, 0.15) is 4.70 Å². The quantitative estimate of drug-likeness (QED) is 0.445. The number of rotatable bonds is 6. The summed E-state index contributed by atoms with van der Waals surface area (Å²) < 4.78 is 1.89. The number of imide groups is 1. The summed E-state index contributed by atoms with van der Waals surface area (Å²) in [6.45, 7) is 0.433. The van der Waals surface area contributed by atoms with Crippen LogP contribution in [0.2, 0.25) is 5.02 Å². The summed E-state index contributed by atoms with van der Waals surface area (Å²) in [5, 5.41) is 5.54. The predicted molar refractivity (Wildman–Crippen MR) is 126 cm³/mol. The van der Waals surface area contributed by atoms with Crippen LogP contribution >= 0.6 is 22.9 Å². The first-order chi connectivity index (χ1) is 15.5. The van der Waals surface area contributed by atoms with Gasteiger partial charge in [-0.05, 0) is 29.3 Å². The Morgan fingerprint density at radius 2 is 1.81 bits per heavy atom. The van der Waals surface area contributed by atoms with Crippen molar-refractivity contribution in [3.63, 3.8) is 0 Å². The lowest BCUT2D eigenvalue weighted by Crippen LogP contribution is -2.39. The van der Waals surface area contributed by atoms with Gasteiger partial charge in [0, 0.05) is 29.4 Å². The van der Waals surface area contributed by atoms with Crippen LogP contribution in [0.3, 0.4) is 0 Å². The molecule has 0 aliphatic rings. The number of amides is 3. The molecule has 0 aliphatic carbocycles. The van der Waals surface area contributed by atoms with E-state index in [1.807, 2.05) is 48.5 Å². The van der Waals surface area contributed by atoms with Gasteiger partial charge in [0.25, 0.3) is 5.56 Å². The minimum Gasteiger partial charge on any atom is -0.334 e. The lowest BCUT2D eigenvalue weighted by Gasteiger charge is -2.08. The number of carbonyl (C=O) groups is 2. The van der Waals surface area contributed by atoms with Crippen molar-refractivity contribution in [2.24, 2.45) is 0 Å². The van der Waals surface area contributed by atoms with Crippen LogP contribution in [0.4, 0.5) is 4.79 Å². The highest BCUT2D eigenvalue weighted by Gasteiger charge is 2.12. The first-order valence-corrected chi connectivity index (χ1v) is 11.1. The van der Waals surface area contributed by atoms with Crippen molar-refractivity contribution >= 4 is 45.1 Å². The maximum atomic E-state index is 12.8. The SMILES string of the molecule is O=C(CCn1cnc2cc(-c3ccc(Cl)cc3)sc2c1=O)NC(=O)NCc1ccccc1. The molecular weight excluding hydrogens is 448 g/mol. The zero-order valence-electron chi connectivity index (χ0n) is 16.9. The number of thiophene rings is 1. The lowest BCUT2D eigenvalue weighted by atomic mass is 10.2. The molecule has 2 aromatic carbocycles. The van der Waals surface area contributed by atoms with E-state index >= 15 is 0 Å². The summed E-state index contributed by atoms with van der Waals surface area (Å²) >= 11 is 7.28. The molecule has 162 valence electrons. The molecule has 0 saturated carbocycles. The molecule has 2 aromatic heterocycles. The van der Waals surface area contributed by atoms with E-state index in [0.29, 0.717) is 21.8 Å². The van der Waals surface area contributed by atoms with Crippen LogP contribution < -0.4 is 16.2 Å². The molecule has 0 unspecified atom stereocenters. The third kappa shape index (κ3) is 5.22. The third-order valence-corrected chi connectivity index (χ3v) is 6.17. The van der Waals surface area contributed by atoms with Crippen LogP contribution in [0.15, 0.2) is 71.8 Å². The van der Waals surface area contributed by atoms with Crippen molar-refractivity contribution in [3.8, 4) is 10.4 Å². The lowest BCUT2D eigenvalue weighted by molar-refractivity contribution is -0.120. The number of hydrogen-bond acceptors (Lipinski definition) is 5. The Balaban J connectivity index is 1.37. The molecule has 3 amide bonds. The van der Waals surface area contributed by atoms with Gasteiger partial charge in [-0.3, -0.25) is 19.5 Å². The summed E-state index contributed by atoms with van der Waals surface area (Å²) in [6.07, 6.45) is 1.40. The molecule has 0 atom stereocenters. The summed E-state index contributed by atoms with van der Waals surface area (Å²) in [4.78, 5) is 42.1. The zero-order chi connectivity index (χ0) is 22.5. The van der Waals surface area contributed by atoms with Crippen molar-refractivity contribution in [2.45, 2.75) is 19.5 Å². The van der Waals surface area contributed by atoms with E-state index in [9.17, 15) is 14.4 Å². The van der Waals surface area contributed by atoms with Gasteiger partial charge in [-0.1, -0.05) is 54.1 Å². The number of halogens is 1. The van der Waals surface area contributed by atoms with E-state index in [0.717, 1.165) is 16.0 Å². The van der Waals surface area contributed by atoms with Crippen molar-refractivity contribution in [1.82, 2.24) is 20.2 Å². The average Bonchev–Trinajstić information content (AvgIpc) is 3.24. The number of aryl methyl sites for hydroxylation is 1. The highest BCUT2D eigenvalue weighted by molar-refractivity contribution is 7.22. The Morgan fingerprint density at radius 1 is 1.06 bits per heavy atom. The largest absolute Gasteiger partial charge is 0.334 e. The van der Waals surface area contributed by atoms with Gasteiger partial charge in [-0.2, -0.15) is 0 Å². The smallest absolute Gasteiger partial charge is 0.321 e. The first kappa shape index (κ1) is 21.7. The average molecular weight is 467 g/mol. The minimum absolute atomic E-state index is 0.0265. The Labute approximate surface area is 192 Å². The van der Waals surface area contributed by atoms with Crippen LogP contribution in [0, 0.1) is 0 Å². The second kappa shape index (κ2) is 9.76. The fourth-order valence-electron chi connectivity index (χ4n) is 3.09. The van der Waals surface area contributed by atoms with E-state index < -0.39 is 11.9 Å². The number of urea groups is 1. The molecule has 0 radical (unpaired) electrons. The molecule has 0 spiro atoms. The molecule has 0 bridgehead atoms. The number of nitrogens with zero attached hydrogens (tertiary/aromatic N) is 2. The normalized spacial score (nSPS) is 10.8. The van der Waals surface area contributed by atoms with Crippen LogP contribution in [0.1, 0.15) is 12.0 Å². The van der Waals surface area contributed by atoms with E-state index in [-0.39, 0.29) is 18.5 Å². The molecule has 7 nitrogen and oxygen atoms in total. The molecule has 2 N–H and O–H groups in total. The molecule has 2 heterocycles. The molecule has 0 saturated heterocycles. The summed E-state index contributed by atoms with van der Waals surface area (Å²) in [6, 6.07) is 18.0. The molecule has 4 rings (SSSR count). The van der Waals surface area contributed by atoms with Crippen molar-refractivity contribution in [2.75, 3.05) is 0 Å². The molecule has 32 heavy (non-hydrogen) atoms. The molecule has 4 aromatic rings. The summed E-state index contributed by atoms with van der Waals surface area (Å²) in [5.41, 5.74) is 2.26. The zero-order valence-corrected chi connectivity index (χ0v) is 18.4. The van der Waals surface area contributed by atoms with Crippen LogP contribution in [-0.4, -0.2) is 21.5 Å². The molecule has 0 aliphatic heterocycles. The van der Waals surface area contributed by atoms with Gasteiger partial charge in [0.15, 0.2) is 0 Å². The number of hydrogen-bond donors (Lipinski definition) is 2. The molecule has 0 fully saturated rings. The fourth-order valence-corrected chi connectivity index (χ4v) is 4.29. The third-order valence-electron chi connectivity index (χ3n) is 4.76. The molecular formula is C23H19ClN4O3S. The van der Waals surface area contributed by atoms with E-state index in [4.69, 9.17) is 11.6 Å². The van der Waals surface area contributed by atoms with Gasteiger partial charge >= 0.3 is 6.03 Å². The Morgan fingerprint density at radius 3 is 2.56 bits per heavy atom. The Kier molecular flexibility index (Phi) is 6.63. The highest BCUT2D eigenvalue weighted by Crippen LogP contribution is 2.31. The maximum absolute atomic E-state index is 12.8. The van der Waals surface area contributed by atoms with E-state index in [2.05, 4.69) is 15.6 Å². The summed E-state index contributed by atoms with van der Waals surface area (Å²) in [5.74, 6) is -0.476. The van der Waals surface area contributed by atoms with Crippen LogP contribution in [0.25, 0.3) is 20.7 Å². The first-order valence-electron chi connectivity index (χ1n) is 9.86. The molecule has 9 heteroatoms. The number of carbonyl (C=O) groups excluding carboxylic acids is 2. The van der Waals surface area contributed by atoms with Gasteiger partial charge in [0.05, 0.1) is 11.8 Å². The van der Waals surface area contributed by atoms with Gasteiger partial charge in [-0.15, -0.1) is 11.3 Å². The summed E-state index contributed by atoms with van der Waals surface area (Å²) in [7, 11) is 0. The topological polar surface area (TPSA) is 93.1 Å². The van der Waals surface area contributed by atoms with E-state index in [1.54, 1.807) is 12.1 Å². The minimum atomic E-state index is -0.578. The fraction of sp³-hybridized carbons (Fsp3) is 0.130.